The number of anilines is 1. The van der Waals surface area contributed by atoms with Crippen LogP contribution in [0.2, 0.25) is 5.02 Å². The molecular weight excluding hydrogens is 370 g/mol. The fourth-order valence-corrected chi connectivity index (χ4v) is 4.58. The second kappa shape index (κ2) is 7.19. The molecule has 3 aromatic rings. The minimum Gasteiger partial charge on any atom is -0.321 e. The van der Waals surface area contributed by atoms with E-state index >= 15 is 0 Å². The van der Waals surface area contributed by atoms with Gasteiger partial charge in [-0.15, -0.1) is 11.3 Å². The predicted octanol–water partition coefficient (Wildman–Crippen LogP) is 2.12. The predicted molar refractivity (Wildman–Crippen MR) is 102 cm³/mol. The first-order valence-corrected chi connectivity index (χ1v) is 9.73. The Morgan fingerprint density at radius 1 is 1.46 bits per heavy atom. The van der Waals surface area contributed by atoms with Gasteiger partial charge >= 0.3 is 0 Å². The Morgan fingerprint density at radius 3 is 3.15 bits per heavy atom. The molecule has 0 fully saturated rings. The molecule has 134 valence electrons. The summed E-state index contributed by atoms with van der Waals surface area (Å²) >= 11 is 7.93. The highest BCUT2D eigenvalue weighted by molar-refractivity contribution is 7.10. The number of halogens is 1. The van der Waals surface area contributed by atoms with E-state index in [1.807, 2.05) is 17.4 Å². The molecule has 8 heteroatoms. The maximum atomic E-state index is 12.7. The van der Waals surface area contributed by atoms with Gasteiger partial charge in [0, 0.05) is 21.9 Å². The third-order valence-corrected chi connectivity index (χ3v) is 6.05. The van der Waals surface area contributed by atoms with Crippen molar-refractivity contribution in [1.82, 2.24) is 14.8 Å². The molecule has 2 aromatic heterocycles. The molecule has 0 aliphatic carbocycles. The van der Waals surface area contributed by atoms with Crippen LogP contribution in [0.4, 0.5) is 5.69 Å². The third kappa shape index (κ3) is 3.38. The average molecular weight is 389 g/mol. The van der Waals surface area contributed by atoms with Crippen LogP contribution >= 0.6 is 22.9 Å². The van der Waals surface area contributed by atoms with Crippen molar-refractivity contribution in [2.75, 3.05) is 18.4 Å². The Hall–Kier alpha value is -2.22. The van der Waals surface area contributed by atoms with E-state index in [1.165, 1.54) is 21.7 Å². The zero-order valence-corrected chi connectivity index (χ0v) is 15.8. The number of nitrogens with zero attached hydrogens (tertiary/aromatic N) is 3. The first kappa shape index (κ1) is 17.2. The molecule has 0 saturated carbocycles. The van der Waals surface area contributed by atoms with Crippen LogP contribution in [0.25, 0.3) is 5.69 Å². The Labute approximate surface area is 160 Å². The van der Waals surface area contributed by atoms with E-state index in [1.54, 1.807) is 23.1 Å². The van der Waals surface area contributed by atoms with E-state index in [-0.39, 0.29) is 5.91 Å². The van der Waals surface area contributed by atoms with Gasteiger partial charge in [-0.25, -0.2) is 9.67 Å². The molecule has 4 rings (SSSR count). The lowest BCUT2D eigenvalue weighted by molar-refractivity contribution is -0.923. The number of fused-ring (bicyclic) bond motifs is 1. The highest BCUT2D eigenvalue weighted by atomic mass is 35.5. The van der Waals surface area contributed by atoms with Crippen LogP contribution in [-0.2, 0) is 11.2 Å². The van der Waals surface area contributed by atoms with E-state index in [4.69, 9.17) is 11.6 Å². The van der Waals surface area contributed by atoms with Gasteiger partial charge in [0.2, 0.25) is 0 Å². The normalized spacial score (nSPS) is 19.2. The van der Waals surface area contributed by atoms with Gasteiger partial charge in [0.15, 0.2) is 6.54 Å². The fourth-order valence-electron chi connectivity index (χ4n) is 3.43. The second-order valence-corrected chi connectivity index (χ2v) is 7.84. The molecule has 26 heavy (non-hydrogen) atoms. The number of carbonyl (C=O) groups excluding carboxylic acids is 1. The summed E-state index contributed by atoms with van der Waals surface area (Å²) in [4.78, 5) is 19.4. The number of quaternary nitrogens is 1. The Morgan fingerprint density at radius 2 is 2.35 bits per heavy atom. The molecule has 2 atom stereocenters. The molecule has 0 radical (unpaired) electrons. The Kier molecular flexibility index (Phi) is 4.76. The van der Waals surface area contributed by atoms with Crippen LogP contribution in [0.1, 0.15) is 23.4 Å². The Balaban J connectivity index is 1.50. The van der Waals surface area contributed by atoms with E-state index in [0.29, 0.717) is 23.3 Å². The van der Waals surface area contributed by atoms with Gasteiger partial charge in [0.05, 0.1) is 17.9 Å². The van der Waals surface area contributed by atoms with Gasteiger partial charge < -0.3 is 10.2 Å². The van der Waals surface area contributed by atoms with E-state index in [0.717, 1.165) is 18.7 Å². The van der Waals surface area contributed by atoms with Gasteiger partial charge in [0.25, 0.3) is 5.91 Å². The molecule has 1 unspecified atom stereocenters. The first-order valence-electron chi connectivity index (χ1n) is 8.47. The number of benzene rings is 1. The largest absolute Gasteiger partial charge is 0.321 e. The van der Waals surface area contributed by atoms with Crippen molar-refractivity contribution in [3.05, 3.63) is 57.8 Å². The molecule has 6 nitrogen and oxygen atoms in total. The highest BCUT2D eigenvalue weighted by Crippen LogP contribution is 2.25. The highest BCUT2D eigenvalue weighted by Gasteiger charge is 2.29. The summed E-state index contributed by atoms with van der Waals surface area (Å²) in [6.45, 7) is 3.57. The molecule has 0 spiro atoms. The van der Waals surface area contributed by atoms with Gasteiger partial charge in [0.1, 0.15) is 18.7 Å². The molecular formula is C18H19ClN5OS+. The average Bonchev–Trinajstić information content (AvgIpc) is 3.29. The van der Waals surface area contributed by atoms with Gasteiger partial charge in [-0.2, -0.15) is 5.10 Å². The van der Waals surface area contributed by atoms with Crippen LogP contribution in [-0.4, -0.2) is 33.8 Å². The van der Waals surface area contributed by atoms with Crippen LogP contribution in [0.15, 0.2) is 42.3 Å². The summed E-state index contributed by atoms with van der Waals surface area (Å²) < 4.78 is 1.61. The lowest BCUT2D eigenvalue weighted by Crippen LogP contribution is -3.14. The molecule has 2 N–H and O–H groups in total. The number of thiophene rings is 1. The monoisotopic (exact) mass is 388 g/mol. The Bertz CT molecular complexity index is 924. The molecule has 0 saturated heterocycles. The molecule has 1 aromatic carbocycles. The first-order chi connectivity index (χ1) is 12.6. The quantitative estimate of drug-likeness (QED) is 0.719. The summed E-state index contributed by atoms with van der Waals surface area (Å²) in [6.07, 6.45) is 4.08. The maximum absolute atomic E-state index is 12.7. The van der Waals surface area contributed by atoms with Crippen molar-refractivity contribution in [3.63, 3.8) is 0 Å². The minimum atomic E-state index is -0.0332. The SMILES string of the molecule is C[C@H]1c2ccsc2CC[NH+]1CC(=O)Nc1cc(Cl)ccc1-n1cncn1. The van der Waals surface area contributed by atoms with Gasteiger partial charge in [-0.3, -0.25) is 4.79 Å². The van der Waals surface area contributed by atoms with Crippen LogP contribution in [0.3, 0.4) is 0 Å². The molecule has 0 bridgehead atoms. The number of hydrogen-bond donors (Lipinski definition) is 2. The number of nitrogens with one attached hydrogen (secondary N) is 2. The molecule has 3 heterocycles. The summed E-state index contributed by atoms with van der Waals surface area (Å²) in [7, 11) is 0. The fraction of sp³-hybridized carbons (Fsp3) is 0.278. The smallest absolute Gasteiger partial charge is 0.279 e. The van der Waals surface area contributed by atoms with Crippen molar-refractivity contribution >= 4 is 34.5 Å². The third-order valence-electron chi connectivity index (χ3n) is 4.82. The lowest BCUT2D eigenvalue weighted by Gasteiger charge is -2.30. The van der Waals surface area contributed by atoms with Crippen molar-refractivity contribution < 1.29 is 9.69 Å². The molecule has 1 aliphatic heterocycles. The van der Waals surface area contributed by atoms with E-state index in [2.05, 4.69) is 33.8 Å². The standard InChI is InChI=1S/C18H18ClN5OS/c1-12-14-5-7-26-17(14)4-6-23(12)9-18(25)22-15-8-13(19)2-3-16(15)24-11-20-10-21-24/h2-3,5,7-8,10-12H,4,6,9H2,1H3,(H,22,25)/p+1/t12-/m0/s1. The zero-order valence-electron chi connectivity index (χ0n) is 14.3. The molecule has 1 aliphatic rings. The van der Waals surface area contributed by atoms with E-state index < -0.39 is 0 Å². The topological polar surface area (TPSA) is 64.2 Å². The number of amides is 1. The van der Waals surface area contributed by atoms with E-state index in [9.17, 15) is 4.79 Å². The number of aromatic nitrogens is 3. The van der Waals surface area contributed by atoms with Crippen molar-refractivity contribution in [3.8, 4) is 5.69 Å². The van der Waals surface area contributed by atoms with Crippen molar-refractivity contribution in [2.24, 2.45) is 0 Å². The number of hydrogen-bond acceptors (Lipinski definition) is 4. The number of rotatable bonds is 4. The zero-order chi connectivity index (χ0) is 18.1. The summed E-state index contributed by atoms with van der Waals surface area (Å²) in [5.41, 5.74) is 2.74. The van der Waals surface area contributed by atoms with Gasteiger partial charge in [-0.1, -0.05) is 11.6 Å². The second-order valence-electron chi connectivity index (χ2n) is 6.41. The van der Waals surface area contributed by atoms with Gasteiger partial charge in [-0.05, 0) is 36.6 Å². The minimum absolute atomic E-state index is 0.0332. The number of carbonyl (C=O) groups is 1. The van der Waals surface area contributed by atoms with Crippen molar-refractivity contribution in [2.45, 2.75) is 19.4 Å². The van der Waals surface area contributed by atoms with Crippen molar-refractivity contribution in [1.29, 1.82) is 0 Å². The maximum Gasteiger partial charge on any atom is 0.279 e. The molecule has 1 amide bonds. The summed E-state index contributed by atoms with van der Waals surface area (Å²) in [5.74, 6) is -0.0332. The lowest BCUT2D eigenvalue weighted by atomic mass is 10.0. The van der Waals surface area contributed by atoms with Crippen LogP contribution in [0.5, 0.6) is 0 Å². The van der Waals surface area contributed by atoms with Crippen LogP contribution in [0, 0.1) is 0 Å². The van der Waals surface area contributed by atoms with Crippen LogP contribution < -0.4 is 10.2 Å². The summed E-state index contributed by atoms with van der Waals surface area (Å²) in [5, 5.41) is 9.83. The summed E-state index contributed by atoms with van der Waals surface area (Å²) in [6, 6.07) is 7.83.